The van der Waals surface area contributed by atoms with E-state index >= 15 is 0 Å². The topological polar surface area (TPSA) is 40.5 Å². The number of anilines is 1. The van der Waals surface area contributed by atoms with Crippen molar-refractivity contribution in [3.63, 3.8) is 0 Å². The van der Waals surface area contributed by atoms with Crippen LogP contribution in [0, 0.1) is 0 Å². The lowest BCUT2D eigenvalue weighted by Crippen LogP contribution is -2.39. The quantitative estimate of drug-likeness (QED) is 0.890. The van der Waals surface area contributed by atoms with Gasteiger partial charge in [-0.05, 0) is 24.8 Å². The van der Waals surface area contributed by atoms with Crippen LogP contribution in [-0.4, -0.2) is 23.7 Å². The zero-order chi connectivity index (χ0) is 13.8. The molecule has 0 aliphatic carbocycles. The molecule has 0 bridgehead atoms. The summed E-state index contributed by atoms with van der Waals surface area (Å²) < 4.78 is 0. The first-order chi connectivity index (χ1) is 9.15. The van der Waals surface area contributed by atoms with Gasteiger partial charge in [0.15, 0.2) is 0 Å². The maximum absolute atomic E-state index is 11.3. The minimum Gasteiger partial charge on any atom is -0.480 e. The number of hydrogen-bond donors (Lipinski definition) is 1. The summed E-state index contributed by atoms with van der Waals surface area (Å²) in [6, 6.07) is 13.6. The van der Waals surface area contributed by atoms with E-state index in [1.807, 2.05) is 47.4 Å². The monoisotopic (exact) mass is 257 g/mol. The number of carboxylic acids is 1. The smallest absolute Gasteiger partial charge is 0.326 e. The summed E-state index contributed by atoms with van der Waals surface area (Å²) in [4.78, 5) is 13.2. The van der Waals surface area contributed by atoms with Gasteiger partial charge in [0.05, 0.1) is 0 Å². The van der Waals surface area contributed by atoms with E-state index in [9.17, 15) is 9.90 Å². The van der Waals surface area contributed by atoms with E-state index in [4.69, 9.17) is 0 Å². The molecule has 1 atom stereocenters. The summed E-state index contributed by atoms with van der Waals surface area (Å²) in [5.74, 6) is -0.790. The van der Waals surface area contributed by atoms with Crippen LogP contribution in [0.2, 0.25) is 0 Å². The van der Waals surface area contributed by atoms with Crippen molar-refractivity contribution in [2.45, 2.75) is 26.3 Å². The van der Waals surface area contributed by atoms with Gasteiger partial charge in [-0.2, -0.15) is 0 Å². The molecule has 3 heteroatoms. The molecule has 0 saturated carbocycles. The number of rotatable bonds is 5. The van der Waals surface area contributed by atoms with Crippen LogP contribution in [-0.2, 0) is 4.79 Å². The molecular formula is C16H19NO2. The highest BCUT2D eigenvalue weighted by Gasteiger charge is 2.21. The number of aliphatic carboxylic acids is 1. The minimum atomic E-state index is -0.790. The van der Waals surface area contributed by atoms with Crippen LogP contribution in [0.25, 0.3) is 10.8 Å². The van der Waals surface area contributed by atoms with Gasteiger partial charge >= 0.3 is 5.97 Å². The van der Waals surface area contributed by atoms with Gasteiger partial charge in [0.1, 0.15) is 6.04 Å². The van der Waals surface area contributed by atoms with Crippen molar-refractivity contribution in [1.29, 1.82) is 0 Å². The second-order valence-corrected chi connectivity index (χ2v) is 4.71. The van der Waals surface area contributed by atoms with Crippen molar-refractivity contribution in [3.05, 3.63) is 42.5 Å². The number of fused-ring (bicyclic) bond motifs is 1. The second kappa shape index (κ2) is 5.74. The molecule has 0 fully saturated rings. The normalized spacial score (nSPS) is 12.3. The zero-order valence-electron chi connectivity index (χ0n) is 11.3. The molecule has 0 amide bonds. The first-order valence-electron chi connectivity index (χ1n) is 6.62. The molecule has 2 aromatic rings. The van der Waals surface area contributed by atoms with E-state index in [2.05, 4.69) is 6.92 Å². The molecule has 2 rings (SSSR count). The van der Waals surface area contributed by atoms with E-state index in [1.165, 1.54) is 0 Å². The van der Waals surface area contributed by atoms with E-state index in [0.29, 0.717) is 0 Å². The van der Waals surface area contributed by atoms with Gasteiger partial charge in [-0.15, -0.1) is 0 Å². The number of benzene rings is 2. The Morgan fingerprint density at radius 2 is 1.89 bits per heavy atom. The number of hydrogen-bond acceptors (Lipinski definition) is 2. The number of nitrogens with zero attached hydrogens (tertiary/aromatic N) is 1. The highest BCUT2D eigenvalue weighted by molar-refractivity contribution is 5.95. The van der Waals surface area contributed by atoms with E-state index in [0.717, 1.165) is 29.4 Å². The Morgan fingerprint density at radius 3 is 2.58 bits per heavy atom. The Bertz CT molecular complexity index is 574. The third-order valence-electron chi connectivity index (χ3n) is 3.37. The van der Waals surface area contributed by atoms with Gasteiger partial charge in [-0.1, -0.05) is 43.3 Å². The van der Waals surface area contributed by atoms with Crippen LogP contribution in [0.4, 0.5) is 5.69 Å². The Labute approximate surface area is 113 Å². The summed E-state index contributed by atoms with van der Waals surface area (Å²) in [7, 11) is 0. The average molecular weight is 257 g/mol. The predicted octanol–water partition coefficient (Wildman–Crippen LogP) is 3.53. The maximum Gasteiger partial charge on any atom is 0.326 e. The van der Waals surface area contributed by atoms with Crippen LogP contribution < -0.4 is 4.90 Å². The fraction of sp³-hybridized carbons (Fsp3) is 0.312. The number of carbonyl (C=O) groups is 1. The van der Waals surface area contributed by atoms with Crippen LogP contribution >= 0.6 is 0 Å². The van der Waals surface area contributed by atoms with Crippen molar-refractivity contribution in [2.75, 3.05) is 11.4 Å². The van der Waals surface area contributed by atoms with E-state index in [-0.39, 0.29) is 0 Å². The summed E-state index contributed by atoms with van der Waals surface area (Å²) in [5.41, 5.74) is 0.995. The molecule has 100 valence electrons. The highest BCUT2D eigenvalue weighted by atomic mass is 16.4. The Kier molecular flexibility index (Phi) is 4.05. The molecule has 0 aliphatic heterocycles. The Balaban J connectivity index is 2.52. The Hall–Kier alpha value is -2.03. The SMILES string of the molecule is CCCN(c1cccc2ccccc12)[C@@H](C)C(=O)O. The van der Waals surface area contributed by atoms with Crippen LogP contribution in [0.15, 0.2) is 42.5 Å². The third kappa shape index (κ3) is 2.70. The van der Waals surface area contributed by atoms with Crippen LogP contribution in [0.3, 0.4) is 0 Å². The van der Waals surface area contributed by atoms with Gasteiger partial charge < -0.3 is 10.0 Å². The lowest BCUT2D eigenvalue weighted by atomic mass is 10.1. The van der Waals surface area contributed by atoms with Crippen molar-refractivity contribution in [3.8, 4) is 0 Å². The van der Waals surface area contributed by atoms with Gasteiger partial charge in [0, 0.05) is 17.6 Å². The van der Waals surface area contributed by atoms with Gasteiger partial charge in [-0.3, -0.25) is 0 Å². The molecule has 1 N–H and O–H groups in total. The fourth-order valence-electron chi connectivity index (χ4n) is 2.36. The molecule has 0 saturated heterocycles. The van der Waals surface area contributed by atoms with Crippen molar-refractivity contribution in [1.82, 2.24) is 0 Å². The van der Waals surface area contributed by atoms with Crippen molar-refractivity contribution in [2.24, 2.45) is 0 Å². The fourth-order valence-corrected chi connectivity index (χ4v) is 2.36. The van der Waals surface area contributed by atoms with Crippen molar-refractivity contribution < 1.29 is 9.90 Å². The molecular weight excluding hydrogens is 238 g/mol. The lowest BCUT2D eigenvalue weighted by Gasteiger charge is -2.29. The molecule has 19 heavy (non-hydrogen) atoms. The average Bonchev–Trinajstić information content (AvgIpc) is 2.43. The number of carboxylic acid groups (broad SMARTS) is 1. The largest absolute Gasteiger partial charge is 0.480 e. The van der Waals surface area contributed by atoms with Gasteiger partial charge in [0.2, 0.25) is 0 Å². The van der Waals surface area contributed by atoms with E-state index < -0.39 is 12.0 Å². The van der Waals surface area contributed by atoms with Crippen LogP contribution in [0.5, 0.6) is 0 Å². The summed E-state index contributed by atoms with van der Waals surface area (Å²) in [6.45, 7) is 4.54. The van der Waals surface area contributed by atoms with Gasteiger partial charge in [0.25, 0.3) is 0 Å². The third-order valence-corrected chi connectivity index (χ3v) is 3.37. The molecule has 0 radical (unpaired) electrons. The van der Waals surface area contributed by atoms with Crippen LogP contribution in [0.1, 0.15) is 20.3 Å². The first-order valence-corrected chi connectivity index (χ1v) is 6.62. The summed E-state index contributed by atoms with van der Waals surface area (Å²) >= 11 is 0. The second-order valence-electron chi connectivity index (χ2n) is 4.71. The zero-order valence-corrected chi connectivity index (χ0v) is 11.3. The summed E-state index contributed by atoms with van der Waals surface area (Å²) in [5, 5.41) is 11.5. The maximum atomic E-state index is 11.3. The predicted molar refractivity (Wildman–Crippen MR) is 78.7 cm³/mol. The standard InChI is InChI=1S/C16H19NO2/c1-3-11-17(12(2)16(18)19)15-10-6-8-13-7-4-5-9-14(13)15/h4-10,12H,3,11H2,1-2H3,(H,18,19)/t12-/m0/s1. The molecule has 2 aromatic carbocycles. The molecule has 0 unspecified atom stereocenters. The molecule has 0 heterocycles. The summed E-state index contributed by atoms with van der Waals surface area (Å²) in [6.07, 6.45) is 0.918. The lowest BCUT2D eigenvalue weighted by molar-refractivity contribution is -0.138. The van der Waals surface area contributed by atoms with Gasteiger partial charge in [-0.25, -0.2) is 4.79 Å². The minimum absolute atomic E-state index is 0.522. The molecule has 3 nitrogen and oxygen atoms in total. The Morgan fingerprint density at radius 1 is 1.21 bits per heavy atom. The van der Waals surface area contributed by atoms with Crippen molar-refractivity contribution >= 4 is 22.4 Å². The molecule has 0 aliphatic rings. The highest BCUT2D eigenvalue weighted by Crippen LogP contribution is 2.28. The van der Waals surface area contributed by atoms with E-state index in [1.54, 1.807) is 6.92 Å². The first kappa shape index (κ1) is 13.4. The molecule has 0 spiro atoms. The molecule has 0 aromatic heterocycles.